The maximum atomic E-state index is 6.10. The van der Waals surface area contributed by atoms with Crippen molar-refractivity contribution in [3.05, 3.63) is 35.0 Å². The van der Waals surface area contributed by atoms with Crippen LogP contribution in [-0.2, 0) is 6.42 Å². The molecule has 1 aliphatic rings. The van der Waals surface area contributed by atoms with Crippen LogP contribution in [0.1, 0.15) is 18.4 Å². The third kappa shape index (κ3) is 5.20. The summed E-state index contributed by atoms with van der Waals surface area (Å²) in [6.45, 7) is 1.84. The Morgan fingerprint density at radius 3 is 3.04 bits per heavy atom. The molecule has 0 bridgehead atoms. The SMILES string of the molecule is CN=C(NCCc1c[nH]c2ccc(Cl)cc12)NCC1CCCS1.I. The molecule has 0 amide bonds. The van der Waals surface area contributed by atoms with E-state index in [0.29, 0.717) is 0 Å². The van der Waals surface area contributed by atoms with Gasteiger partial charge in [0.2, 0.25) is 0 Å². The molecule has 0 radical (unpaired) electrons. The molecule has 1 aromatic carbocycles. The van der Waals surface area contributed by atoms with Gasteiger partial charge in [0, 0.05) is 47.5 Å². The molecular weight excluding hydrogens is 455 g/mol. The van der Waals surface area contributed by atoms with E-state index < -0.39 is 0 Å². The van der Waals surface area contributed by atoms with Crippen molar-refractivity contribution >= 4 is 64.2 Å². The van der Waals surface area contributed by atoms with Crippen LogP contribution in [0.25, 0.3) is 10.9 Å². The Bertz CT molecular complexity index is 682. The van der Waals surface area contributed by atoms with Crippen LogP contribution in [0.15, 0.2) is 29.4 Å². The van der Waals surface area contributed by atoms with Gasteiger partial charge in [-0.25, -0.2) is 0 Å². The van der Waals surface area contributed by atoms with Gasteiger partial charge in [-0.15, -0.1) is 24.0 Å². The predicted octanol–water partition coefficient (Wildman–Crippen LogP) is 4.04. The highest BCUT2D eigenvalue weighted by molar-refractivity contribution is 14.0. The summed E-state index contributed by atoms with van der Waals surface area (Å²) in [4.78, 5) is 7.60. The second kappa shape index (κ2) is 9.77. The van der Waals surface area contributed by atoms with Crippen LogP contribution >= 0.6 is 47.3 Å². The molecule has 0 saturated carbocycles. The lowest BCUT2D eigenvalue weighted by molar-refractivity contribution is 0.724. The second-order valence-corrected chi connectivity index (χ2v) is 7.61. The van der Waals surface area contributed by atoms with Gasteiger partial charge in [0.1, 0.15) is 0 Å². The van der Waals surface area contributed by atoms with E-state index in [-0.39, 0.29) is 24.0 Å². The first-order valence-electron chi connectivity index (χ1n) is 8.08. The lowest BCUT2D eigenvalue weighted by atomic mass is 10.1. The number of thioether (sulfide) groups is 1. The molecule has 1 saturated heterocycles. The van der Waals surface area contributed by atoms with Gasteiger partial charge in [0.15, 0.2) is 5.96 Å². The normalized spacial score (nSPS) is 17.8. The minimum atomic E-state index is 0. The molecular formula is C17H24ClIN4S. The highest BCUT2D eigenvalue weighted by atomic mass is 127. The number of hydrogen-bond donors (Lipinski definition) is 3. The minimum Gasteiger partial charge on any atom is -0.361 e. The monoisotopic (exact) mass is 478 g/mol. The highest BCUT2D eigenvalue weighted by Crippen LogP contribution is 2.25. The molecule has 3 rings (SSSR count). The molecule has 24 heavy (non-hydrogen) atoms. The maximum absolute atomic E-state index is 6.10. The van der Waals surface area contributed by atoms with Crippen molar-refractivity contribution in [3.8, 4) is 0 Å². The van der Waals surface area contributed by atoms with E-state index >= 15 is 0 Å². The Balaban J connectivity index is 0.00000208. The molecule has 1 atom stereocenters. The Morgan fingerprint density at radius 2 is 2.29 bits per heavy atom. The van der Waals surface area contributed by atoms with Gasteiger partial charge in [-0.2, -0.15) is 11.8 Å². The smallest absolute Gasteiger partial charge is 0.191 e. The van der Waals surface area contributed by atoms with Crippen molar-refractivity contribution in [2.24, 2.45) is 4.99 Å². The number of halogens is 2. The molecule has 3 N–H and O–H groups in total. The summed E-state index contributed by atoms with van der Waals surface area (Å²) in [6.07, 6.45) is 5.64. The Kier molecular flexibility index (Phi) is 8.03. The van der Waals surface area contributed by atoms with E-state index in [2.05, 4.69) is 38.6 Å². The number of aromatic nitrogens is 1. The van der Waals surface area contributed by atoms with Crippen molar-refractivity contribution < 1.29 is 0 Å². The zero-order valence-electron chi connectivity index (χ0n) is 13.8. The average Bonchev–Trinajstić information content (AvgIpc) is 3.20. The topological polar surface area (TPSA) is 52.2 Å². The number of hydrogen-bond acceptors (Lipinski definition) is 2. The first-order valence-corrected chi connectivity index (χ1v) is 9.50. The number of H-pyrrole nitrogens is 1. The van der Waals surface area contributed by atoms with E-state index in [9.17, 15) is 0 Å². The van der Waals surface area contributed by atoms with E-state index in [4.69, 9.17) is 11.6 Å². The standard InChI is InChI=1S/C17H23ClN4S.HI/c1-19-17(22-11-14-3-2-8-23-14)20-7-6-12-10-21-16-5-4-13(18)9-15(12)16;/h4-5,9-10,14,21H,2-3,6-8,11H2,1H3,(H2,19,20,22);1H. The van der Waals surface area contributed by atoms with Crippen molar-refractivity contribution in [2.75, 3.05) is 25.9 Å². The van der Waals surface area contributed by atoms with Gasteiger partial charge < -0.3 is 15.6 Å². The molecule has 2 aromatic rings. The number of rotatable bonds is 5. The Morgan fingerprint density at radius 1 is 1.42 bits per heavy atom. The fourth-order valence-corrected chi connectivity index (χ4v) is 4.28. The molecule has 132 valence electrons. The zero-order valence-corrected chi connectivity index (χ0v) is 17.7. The van der Waals surface area contributed by atoms with E-state index in [1.807, 2.05) is 25.2 Å². The van der Waals surface area contributed by atoms with Crippen LogP contribution < -0.4 is 10.6 Å². The fourth-order valence-electron chi connectivity index (χ4n) is 2.91. The minimum absolute atomic E-state index is 0. The summed E-state index contributed by atoms with van der Waals surface area (Å²) < 4.78 is 0. The van der Waals surface area contributed by atoms with Gasteiger partial charge in [-0.05, 0) is 48.8 Å². The molecule has 7 heteroatoms. The van der Waals surface area contributed by atoms with Crippen LogP contribution in [0, 0.1) is 0 Å². The summed E-state index contributed by atoms with van der Waals surface area (Å²) in [5.74, 6) is 2.18. The number of guanidine groups is 1. The number of nitrogens with zero attached hydrogens (tertiary/aromatic N) is 1. The van der Waals surface area contributed by atoms with Crippen molar-refractivity contribution in [3.63, 3.8) is 0 Å². The molecule has 1 fully saturated rings. The van der Waals surface area contributed by atoms with Crippen LogP contribution in [-0.4, -0.2) is 42.1 Å². The largest absolute Gasteiger partial charge is 0.361 e. The van der Waals surface area contributed by atoms with E-state index in [1.54, 1.807) is 0 Å². The first-order chi connectivity index (χ1) is 11.3. The molecule has 4 nitrogen and oxygen atoms in total. The molecule has 1 unspecified atom stereocenters. The van der Waals surface area contributed by atoms with Crippen LogP contribution in [0.2, 0.25) is 5.02 Å². The molecule has 2 heterocycles. The van der Waals surface area contributed by atoms with Crippen LogP contribution in [0.4, 0.5) is 0 Å². The van der Waals surface area contributed by atoms with Crippen molar-refractivity contribution in [1.82, 2.24) is 15.6 Å². The van der Waals surface area contributed by atoms with Crippen LogP contribution in [0.3, 0.4) is 0 Å². The number of aliphatic imine (C=N–C) groups is 1. The zero-order chi connectivity index (χ0) is 16.1. The molecule has 0 spiro atoms. The Hall–Kier alpha value is -0.600. The third-order valence-corrected chi connectivity index (χ3v) is 5.79. The molecule has 0 aliphatic carbocycles. The number of benzene rings is 1. The predicted molar refractivity (Wildman–Crippen MR) is 117 cm³/mol. The number of fused-ring (bicyclic) bond motifs is 1. The summed E-state index contributed by atoms with van der Waals surface area (Å²) in [5.41, 5.74) is 2.40. The molecule has 1 aliphatic heterocycles. The van der Waals surface area contributed by atoms with Gasteiger partial charge >= 0.3 is 0 Å². The highest BCUT2D eigenvalue weighted by Gasteiger charge is 2.15. The Labute approximate surface area is 169 Å². The summed E-state index contributed by atoms with van der Waals surface area (Å²) >= 11 is 8.15. The van der Waals surface area contributed by atoms with Gasteiger partial charge in [-0.1, -0.05) is 11.6 Å². The van der Waals surface area contributed by atoms with Crippen LogP contribution in [0.5, 0.6) is 0 Å². The number of aromatic amines is 1. The first kappa shape index (κ1) is 19.7. The second-order valence-electron chi connectivity index (χ2n) is 5.77. The maximum Gasteiger partial charge on any atom is 0.191 e. The lowest BCUT2D eigenvalue weighted by Gasteiger charge is -2.14. The van der Waals surface area contributed by atoms with Gasteiger partial charge in [0.25, 0.3) is 0 Å². The van der Waals surface area contributed by atoms with E-state index in [1.165, 1.54) is 29.5 Å². The van der Waals surface area contributed by atoms with Gasteiger partial charge in [0.05, 0.1) is 0 Å². The summed E-state index contributed by atoms with van der Waals surface area (Å²) in [6, 6.07) is 5.96. The van der Waals surface area contributed by atoms with Gasteiger partial charge in [-0.3, -0.25) is 4.99 Å². The number of nitrogens with one attached hydrogen (secondary N) is 3. The quantitative estimate of drug-likeness (QED) is 0.345. The van der Waals surface area contributed by atoms with Crippen molar-refractivity contribution in [2.45, 2.75) is 24.5 Å². The summed E-state index contributed by atoms with van der Waals surface area (Å²) in [7, 11) is 1.82. The molecule has 1 aromatic heterocycles. The van der Waals surface area contributed by atoms with Crippen molar-refractivity contribution in [1.29, 1.82) is 0 Å². The average molecular weight is 479 g/mol. The third-order valence-electron chi connectivity index (χ3n) is 4.16. The summed E-state index contributed by atoms with van der Waals surface area (Å²) in [5, 5.41) is 9.52. The fraction of sp³-hybridized carbons (Fsp3) is 0.471. The van der Waals surface area contributed by atoms with E-state index in [0.717, 1.165) is 41.3 Å². The lowest BCUT2D eigenvalue weighted by Crippen LogP contribution is -2.40.